The molecule has 0 radical (unpaired) electrons. The van der Waals surface area contributed by atoms with Gasteiger partial charge in [-0.05, 0) is 36.5 Å². The molecule has 2 atom stereocenters. The van der Waals surface area contributed by atoms with Crippen LogP contribution in [0.2, 0.25) is 0 Å². The molecular weight excluding hydrogens is 160 g/mol. The molecular formula is C12H24O. The maximum Gasteiger partial charge on any atom is 0.0696 e. The van der Waals surface area contributed by atoms with E-state index in [0.717, 1.165) is 19.3 Å². The fourth-order valence-electron chi connectivity index (χ4n) is 2.75. The second kappa shape index (κ2) is 3.27. The molecule has 78 valence electrons. The van der Waals surface area contributed by atoms with Gasteiger partial charge >= 0.3 is 0 Å². The molecule has 1 nitrogen and oxygen atoms in total. The first-order valence-electron chi connectivity index (χ1n) is 5.50. The molecule has 0 bridgehead atoms. The zero-order valence-corrected chi connectivity index (χ0v) is 9.72. The average molecular weight is 184 g/mol. The normalized spacial score (nSPS) is 39.5. The SMILES string of the molecule is CC(C)C1(O)CCC(C)(C)CC1C. The minimum atomic E-state index is -0.407. The lowest BCUT2D eigenvalue weighted by molar-refractivity contribution is -0.103. The van der Waals surface area contributed by atoms with Crippen LogP contribution in [-0.4, -0.2) is 10.7 Å². The van der Waals surface area contributed by atoms with Crippen molar-refractivity contribution < 1.29 is 5.11 Å². The summed E-state index contributed by atoms with van der Waals surface area (Å²) >= 11 is 0. The van der Waals surface area contributed by atoms with Crippen molar-refractivity contribution in [2.45, 2.75) is 59.5 Å². The minimum absolute atomic E-state index is 0.388. The van der Waals surface area contributed by atoms with Gasteiger partial charge in [-0.2, -0.15) is 0 Å². The molecule has 1 N–H and O–H groups in total. The summed E-state index contributed by atoms with van der Waals surface area (Å²) in [6, 6.07) is 0. The third-order valence-corrected chi connectivity index (χ3v) is 3.91. The van der Waals surface area contributed by atoms with Crippen molar-refractivity contribution in [3.8, 4) is 0 Å². The Morgan fingerprint density at radius 3 is 2.15 bits per heavy atom. The lowest BCUT2D eigenvalue weighted by Gasteiger charge is -2.47. The molecule has 1 heteroatoms. The van der Waals surface area contributed by atoms with E-state index in [-0.39, 0.29) is 0 Å². The molecule has 1 saturated carbocycles. The van der Waals surface area contributed by atoms with Crippen molar-refractivity contribution in [1.82, 2.24) is 0 Å². The highest BCUT2D eigenvalue weighted by molar-refractivity contribution is 4.95. The first-order chi connectivity index (χ1) is 5.78. The van der Waals surface area contributed by atoms with E-state index in [0.29, 0.717) is 17.3 Å². The van der Waals surface area contributed by atoms with Crippen LogP contribution in [0.5, 0.6) is 0 Å². The number of aliphatic hydroxyl groups is 1. The van der Waals surface area contributed by atoms with Crippen LogP contribution in [0.4, 0.5) is 0 Å². The van der Waals surface area contributed by atoms with Gasteiger partial charge in [-0.25, -0.2) is 0 Å². The van der Waals surface area contributed by atoms with Crippen molar-refractivity contribution in [2.24, 2.45) is 17.3 Å². The Labute approximate surface area is 82.5 Å². The summed E-state index contributed by atoms with van der Waals surface area (Å²) in [5.41, 5.74) is 0.0239. The molecule has 0 aromatic rings. The Balaban J connectivity index is 2.73. The fraction of sp³-hybridized carbons (Fsp3) is 1.00. The Morgan fingerprint density at radius 2 is 1.77 bits per heavy atom. The van der Waals surface area contributed by atoms with Crippen LogP contribution in [0.3, 0.4) is 0 Å². The molecule has 0 heterocycles. The van der Waals surface area contributed by atoms with Crippen molar-refractivity contribution in [3.05, 3.63) is 0 Å². The van der Waals surface area contributed by atoms with Crippen molar-refractivity contribution >= 4 is 0 Å². The van der Waals surface area contributed by atoms with Crippen LogP contribution < -0.4 is 0 Å². The van der Waals surface area contributed by atoms with Crippen molar-refractivity contribution in [3.63, 3.8) is 0 Å². The predicted octanol–water partition coefficient (Wildman–Crippen LogP) is 3.22. The third kappa shape index (κ3) is 2.07. The summed E-state index contributed by atoms with van der Waals surface area (Å²) in [6.07, 6.45) is 3.28. The summed E-state index contributed by atoms with van der Waals surface area (Å²) in [5, 5.41) is 10.4. The largest absolute Gasteiger partial charge is 0.389 e. The minimum Gasteiger partial charge on any atom is -0.389 e. The number of rotatable bonds is 1. The number of hydrogen-bond donors (Lipinski definition) is 1. The van der Waals surface area contributed by atoms with E-state index < -0.39 is 5.60 Å². The summed E-state index contributed by atoms with van der Waals surface area (Å²) in [7, 11) is 0. The molecule has 0 amide bonds. The Bertz CT molecular complexity index is 184. The molecule has 0 aromatic heterocycles. The van der Waals surface area contributed by atoms with Crippen LogP contribution in [0.25, 0.3) is 0 Å². The monoisotopic (exact) mass is 184 g/mol. The van der Waals surface area contributed by atoms with Crippen LogP contribution >= 0.6 is 0 Å². The van der Waals surface area contributed by atoms with Crippen LogP contribution in [0.1, 0.15) is 53.9 Å². The van der Waals surface area contributed by atoms with E-state index in [1.54, 1.807) is 0 Å². The molecule has 1 rings (SSSR count). The van der Waals surface area contributed by atoms with E-state index in [9.17, 15) is 5.11 Å². The molecule has 0 aliphatic heterocycles. The first-order valence-corrected chi connectivity index (χ1v) is 5.50. The Morgan fingerprint density at radius 1 is 1.23 bits per heavy atom. The molecule has 13 heavy (non-hydrogen) atoms. The van der Waals surface area contributed by atoms with Gasteiger partial charge in [0.05, 0.1) is 5.60 Å². The summed E-state index contributed by atoms with van der Waals surface area (Å²) < 4.78 is 0. The maximum atomic E-state index is 10.4. The molecule has 1 fully saturated rings. The lowest BCUT2D eigenvalue weighted by atomic mass is 9.62. The standard InChI is InChI=1S/C12H24O/c1-9(2)12(13)7-6-11(4,5)8-10(12)3/h9-10,13H,6-8H2,1-5H3. The Kier molecular flexibility index (Phi) is 2.78. The molecule has 2 unspecified atom stereocenters. The zero-order chi connectivity index (χ0) is 10.3. The van der Waals surface area contributed by atoms with Gasteiger partial charge in [-0.1, -0.05) is 34.6 Å². The highest BCUT2D eigenvalue weighted by Gasteiger charge is 2.44. The fourth-order valence-corrected chi connectivity index (χ4v) is 2.75. The zero-order valence-electron chi connectivity index (χ0n) is 9.72. The number of hydrogen-bond acceptors (Lipinski definition) is 1. The quantitative estimate of drug-likeness (QED) is 0.663. The summed E-state index contributed by atoms with van der Waals surface area (Å²) in [4.78, 5) is 0. The van der Waals surface area contributed by atoms with Crippen LogP contribution in [0.15, 0.2) is 0 Å². The van der Waals surface area contributed by atoms with Crippen molar-refractivity contribution in [1.29, 1.82) is 0 Å². The molecule has 0 spiro atoms. The average Bonchev–Trinajstić information content (AvgIpc) is 1.96. The molecule has 0 saturated heterocycles. The lowest BCUT2D eigenvalue weighted by Crippen LogP contribution is -2.47. The van der Waals surface area contributed by atoms with Gasteiger partial charge in [0.25, 0.3) is 0 Å². The van der Waals surface area contributed by atoms with E-state index in [1.165, 1.54) is 0 Å². The Hall–Kier alpha value is -0.0400. The van der Waals surface area contributed by atoms with Gasteiger partial charge in [-0.3, -0.25) is 0 Å². The highest BCUT2D eigenvalue weighted by Crippen LogP contribution is 2.46. The maximum absolute atomic E-state index is 10.4. The van der Waals surface area contributed by atoms with E-state index >= 15 is 0 Å². The van der Waals surface area contributed by atoms with Gasteiger partial charge in [0.15, 0.2) is 0 Å². The van der Waals surface area contributed by atoms with E-state index in [1.807, 2.05) is 0 Å². The van der Waals surface area contributed by atoms with Gasteiger partial charge in [0, 0.05) is 0 Å². The second-order valence-corrected chi connectivity index (χ2v) is 5.92. The highest BCUT2D eigenvalue weighted by atomic mass is 16.3. The van der Waals surface area contributed by atoms with Crippen LogP contribution in [-0.2, 0) is 0 Å². The third-order valence-electron chi connectivity index (χ3n) is 3.91. The summed E-state index contributed by atoms with van der Waals surface area (Å²) in [6.45, 7) is 11.1. The second-order valence-electron chi connectivity index (χ2n) is 5.92. The summed E-state index contributed by atoms with van der Waals surface area (Å²) in [5.74, 6) is 0.829. The van der Waals surface area contributed by atoms with Gasteiger partial charge < -0.3 is 5.11 Å². The topological polar surface area (TPSA) is 20.2 Å². The van der Waals surface area contributed by atoms with Crippen molar-refractivity contribution in [2.75, 3.05) is 0 Å². The van der Waals surface area contributed by atoms with Crippen LogP contribution in [0, 0.1) is 17.3 Å². The molecule has 0 aromatic carbocycles. The van der Waals surface area contributed by atoms with Gasteiger partial charge in [0.2, 0.25) is 0 Å². The van der Waals surface area contributed by atoms with Gasteiger partial charge in [0.1, 0.15) is 0 Å². The van der Waals surface area contributed by atoms with Gasteiger partial charge in [-0.15, -0.1) is 0 Å². The first kappa shape index (κ1) is 11.0. The predicted molar refractivity (Wildman–Crippen MR) is 56.6 cm³/mol. The molecule has 1 aliphatic carbocycles. The molecule has 1 aliphatic rings. The van der Waals surface area contributed by atoms with E-state index in [4.69, 9.17) is 0 Å². The smallest absolute Gasteiger partial charge is 0.0696 e. The van der Waals surface area contributed by atoms with E-state index in [2.05, 4.69) is 34.6 Å².